The van der Waals surface area contributed by atoms with Gasteiger partial charge in [-0.05, 0) is 19.1 Å². The van der Waals surface area contributed by atoms with E-state index in [1.807, 2.05) is 11.0 Å². The molecule has 2 aromatic heterocycles. The molecule has 0 spiro atoms. The van der Waals surface area contributed by atoms with E-state index in [1.165, 1.54) is 6.20 Å². The van der Waals surface area contributed by atoms with Crippen molar-refractivity contribution in [1.82, 2.24) is 19.7 Å². The maximum absolute atomic E-state index is 14.4. The molecule has 0 fully saturated rings. The summed E-state index contributed by atoms with van der Waals surface area (Å²) in [5, 5.41) is 13.7. The molecule has 0 radical (unpaired) electrons. The molecule has 8 heteroatoms. The predicted octanol–water partition coefficient (Wildman–Crippen LogP) is 2.30. The van der Waals surface area contributed by atoms with Crippen LogP contribution in [-0.4, -0.2) is 26.3 Å². The van der Waals surface area contributed by atoms with Crippen LogP contribution in [0.3, 0.4) is 0 Å². The Morgan fingerprint density at radius 1 is 1.21 bits per heavy atom. The molecule has 1 aliphatic heterocycles. The highest BCUT2D eigenvalue weighted by Gasteiger charge is 2.25. The molecule has 4 rings (SSSR count). The van der Waals surface area contributed by atoms with E-state index >= 15 is 0 Å². The summed E-state index contributed by atoms with van der Waals surface area (Å²) in [6.45, 7) is 3.24. The summed E-state index contributed by atoms with van der Waals surface area (Å²) < 4.78 is 30.2. The Morgan fingerprint density at radius 2 is 2.00 bits per heavy atom. The first-order valence-corrected chi connectivity index (χ1v) is 7.40. The van der Waals surface area contributed by atoms with Crippen LogP contribution in [0, 0.1) is 29.9 Å². The summed E-state index contributed by atoms with van der Waals surface area (Å²) in [5.41, 5.74) is 0.482. The zero-order valence-electron chi connectivity index (χ0n) is 12.8. The third-order valence-electron chi connectivity index (χ3n) is 4.10. The van der Waals surface area contributed by atoms with Crippen molar-refractivity contribution in [3.8, 4) is 6.07 Å². The van der Waals surface area contributed by atoms with Gasteiger partial charge in [0.2, 0.25) is 0 Å². The SMILES string of the molecule is Cc1nc2n(n1)CCN(c1c(C#N)cnc3c(F)ccc(F)c13)C2. The summed E-state index contributed by atoms with van der Waals surface area (Å²) in [5.74, 6) is 0.163. The lowest BCUT2D eigenvalue weighted by Crippen LogP contribution is -2.35. The van der Waals surface area contributed by atoms with Crippen LogP contribution in [0.1, 0.15) is 17.2 Å². The number of hydrogen-bond acceptors (Lipinski definition) is 5. The Labute approximate surface area is 136 Å². The first-order valence-electron chi connectivity index (χ1n) is 7.40. The van der Waals surface area contributed by atoms with Crippen LogP contribution in [0.2, 0.25) is 0 Å². The Bertz CT molecular complexity index is 1000. The van der Waals surface area contributed by atoms with Crippen molar-refractivity contribution in [2.24, 2.45) is 0 Å². The molecule has 1 aromatic carbocycles. The van der Waals surface area contributed by atoms with E-state index < -0.39 is 11.6 Å². The molecule has 0 atom stereocenters. The molecule has 0 aliphatic carbocycles. The van der Waals surface area contributed by atoms with Crippen molar-refractivity contribution in [3.63, 3.8) is 0 Å². The normalized spacial score (nSPS) is 13.8. The summed E-state index contributed by atoms with van der Waals surface area (Å²) >= 11 is 0. The molecule has 0 unspecified atom stereocenters. The minimum Gasteiger partial charge on any atom is -0.360 e. The van der Waals surface area contributed by atoms with Gasteiger partial charge < -0.3 is 4.90 Å². The van der Waals surface area contributed by atoms with Gasteiger partial charge in [-0.25, -0.2) is 18.4 Å². The highest BCUT2D eigenvalue weighted by Crippen LogP contribution is 2.34. The number of aromatic nitrogens is 4. The lowest BCUT2D eigenvalue weighted by molar-refractivity contribution is 0.511. The molecule has 0 amide bonds. The number of nitrogens with zero attached hydrogens (tertiary/aromatic N) is 6. The van der Waals surface area contributed by atoms with Crippen LogP contribution in [0.4, 0.5) is 14.5 Å². The quantitative estimate of drug-likeness (QED) is 0.686. The van der Waals surface area contributed by atoms with Crippen molar-refractivity contribution in [3.05, 3.63) is 47.2 Å². The van der Waals surface area contributed by atoms with E-state index in [-0.39, 0.29) is 16.5 Å². The molecular weight excluding hydrogens is 314 g/mol. The van der Waals surface area contributed by atoms with E-state index in [4.69, 9.17) is 0 Å². The molecule has 0 saturated heterocycles. The minimum atomic E-state index is -0.617. The summed E-state index contributed by atoms with van der Waals surface area (Å²) in [7, 11) is 0. The van der Waals surface area contributed by atoms with Crippen LogP contribution < -0.4 is 4.90 Å². The van der Waals surface area contributed by atoms with Crippen molar-refractivity contribution in [1.29, 1.82) is 5.26 Å². The van der Waals surface area contributed by atoms with Crippen LogP contribution in [0.15, 0.2) is 18.3 Å². The number of anilines is 1. The molecule has 24 heavy (non-hydrogen) atoms. The second-order valence-electron chi connectivity index (χ2n) is 5.61. The number of hydrogen-bond donors (Lipinski definition) is 0. The molecule has 1 aliphatic rings. The van der Waals surface area contributed by atoms with Gasteiger partial charge in [0, 0.05) is 12.7 Å². The van der Waals surface area contributed by atoms with Gasteiger partial charge in [-0.1, -0.05) is 0 Å². The van der Waals surface area contributed by atoms with E-state index in [1.54, 1.807) is 11.6 Å². The van der Waals surface area contributed by atoms with Crippen LogP contribution in [0.5, 0.6) is 0 Å². The fourth-order valence-electron chi connectivity index (χ4n) is 3.08. The second-order valence-corrected chi connectivity index (χ2v) is 5.61. The van der Waals surface area contributed by atoms with Gasteiger partial charge in [0.15, 0.2) is 0 Å². The fourth-order valence-corrected chi connectivity index (χ4v) is 3.08. The number of halogens is 2. The summed E-state index contributed by atoms with van der Waals surface area (Å²) in [6, 6.07) is 4.12. The third-order valence-corrected chi connectivity index (χ3v) is 4.10. The van der Waals surface area contributed by atoms with Crippen molar-refractivity contribution >= 4 is 16.6 Å². The fraction of sp³-hybridized carbons (Fsp3) is 0.250. The average molecular weight is 326 g/mol. The van der Waals surface area contributed by atoms with Crippen LogP contribution >= 0.6 is 0 Å². The highest BCUT2D eigenvalue weighted by molar-refractivity contribution is 5.95. The monoisotopic (exact) mass is 326 g/mol. The molecule has 120 valence electrons. The third kappa shape index (κ3) is 2.09. The van der Waals surface area contributed by atoms with E-state index in [2.05, 4.69) is 15.1 Å². The molecule has 0 bridgehead atoms. The maximum atomic E-state index is 14.4. The largest absolute Gasteiger partial charge is 0.360 e. The lowest BCUT2D eigenvalue weighted by atomic mass is 10.1. The van der Waals surface area contributed by atoms with Crippen LogP contribution in [0.25, 0.3) is 10.9 Å². The van der Waals surface area contributed by atoms with Gasteiger partial charge in [-0.2, -0.15) is 10.4 Å². The van der Waals surface area contributed by atoms with Gasteiger partial charge in [0.05, 0.1) is 29.7 Å². The van der Waals surface area contributed by atoms with Gasteiger partial charge in [0.25, 0.3) is 0 Å². The topological polar surface area (TPSA) is 70.6 Å². The number of nitriles is 1. The van der Waals surface area contributed by atoms with Gasteiger partial charge in [-0.3, -0.25) is 4.98 Å². The highest BCUT2D eigenvalue weighted by atomic mass is 19.1. The molecule has 0 N–H and O–H groups in total. The Hall–Kier alpha value is -3.08. The average Bonchev–Trinajstić information content (AvgIpc) is 2.96. The number of benzene rings is 1. The smallest absolute Gasteiger partial charge is 0.149 e. The molecular formula is C16H12F2N6. The van der Waals surface area contributed by atoms with Crippen LogP contribution in [-0.2, 0) is 13.1 Å². The van der Waals surface area contributed by atoms with Crippen molar-refractivity contribution in [2.45, 2.75) is 20.0 Å². The van der Waals surface area contributed by atoms with Crippen molar-refractivity contribution in [2.75, 3.05) is 11.4 Å². The minimum absolute atomic E-state index is 0.0266. The maximum Gasteiger partial charge on any atom is 0.149 e. The van der Waals surface area contributed by atoms with E-state index in [0.717, 1.165) is 18.0 Å². The molecule has 6 nitrogen and oxygen atoms in total. The van der Waals surface area contributed by atoms with Crippen molar-refractivity contribution < 1.29 is 8.78 Å². The lowest BCUT2D eigenvalue weighted by Gasteiger charge is -2.30. The van der Waals surface area contributed by atoms with E-state index in [9.17, 15) is 14.0 Å². The second kappa shape index (κ2) is 5.23. The number of aryl methyl sites for hydroxylation is 1. The number of rotatable bonds is 1. The Balaban J connectivity index is 1.93. The standard InChI is InChI=1S/C16H12F2N6/c1-9-21-13-8-23(4-5-24(13)22-9)16-10(6-19)7-20-15-12(18)3-2-11(17)14(15)16/h2-3,7H,4-5,8H2,1H3. The number of pyridine rings is 1. The summed E-state index contributed by atoms with van der Waals surface area (Å²) in [6.07, 6.45) is 1.28. The first-order chi connectivity index (χ1) is 11.6. The zero-order valence-corrected chi connectivity index (χ0v) is 12.8. The first kappa shape index (κ1) is 14.5. The molecule has 0 saturated carbocycles. The summed E-state index contributed by atoms with van der Waals surface area (Å²) in [4.78, 5) is 10.1. The Kier molecular flexibility index (Phi) is 3.16. The molecule has 3 heterocycles. The van der Waals surface area contributed by atoms with Gasteiger partial charge >= 0.3 is 0 Å². The molecule has 3 aromatic rings. The van der Waals surface area contributed by atoms with Gasteiger partial charge in [-0.15, -0.1) is 0 Å². The van der Waals surface area contributed by atoms with Gasteiger partial charge in [0.1, 0.15) is 34.9 Å². The number of fused-ring (bicyclic) bond motifs is 2. The Morgan fingerprint density at radius 3 is 2.79 bits per heavy atom. The predicted molar refractivity (Wildman–Crippen MR) is 82.2 cm³/mol. The van der Waals surface area contributed by atoms with E-state index in [0.29, 0.717) is 31.1 Å². The zero-order chi connectivity index (χ0) is 16.8.